The molecule has 1 spiro atoms. The first-order valence-corrected chi connectivity index (χ1v) is 10.3. The molecule has 1 aromatic heterocycles. The highest BCUT2D eigenvalue weighted by molar-refractivity contribution is 6.07. The van der Waals surface area contributed by atoms with Crippen molar-refractivity contribution in [3.63, 3.8) is 0 Å². The summed E-state index contributed by atoms with van der Waals surface area (Å²) in [5.74, 6) is -0.339. The van der Waals surface area contributed by atoms with E-state index in [-0.39, 0.29) is 11.7 Å². The second-order valence-electron chi connectivity index (χ2n) is 8.22. The maximum atomic E-state index is 13.9. The topological polar surface area (TPSA) is 62.3 Å². The number of rotatable bonds is 6. The van der Waals surface area contributed by atoms with Gasteiger partial charge in [-0.3, -0.25) is 9.59 Å². The first-order valence-electron chi connectivity index (χ1n) is 10.3. The van der Waals surface area contributed by atoms with Gasteiger partial charge < -0.3 is 10.2 Å². The lowest BCUT2D eigenvalue weighted by Crippen LogP contribution is -2.36. The number of aromatic nitrogens is 1. The van der Waals surface area contributed by atoms with E-state index >= 15 is 0 Å². The molecule has 1 saturated carbocycles. The Morgan fingerprint density at radius 3 is 2.59 bits per heavy atom. The predicted octanol–water partition coefficient (Wildman–Crippen LogP) is 4.38. The Hall–Kier alpha value is -2.76. The third-order valence-corrected chi connectivity index (χ3v) is 6.15. The van der Waals surface area contributed by atoms with Crippen LogP contribution in [0.15, 0.2) is 36.4 Å². The molecule has 1 aliphatic carbocycles. The van der Waals surface area contributed by atoms with Crippen LogP contribution in [-0.4, -0.2) is 29.8 Å². The van der Waals surface area contributed by atoms with Crippen LogP contribution in [0.3, 0.4) is 0 Å². The van der Waals surface area contributed by atoms with Crippen LogP contribution >= 0.6 is 0 Å². The number of amides is 1. The Morgan fingerprint density at radius 1 is 1.14 bits per heavy atom. The molecule has 4 rings (SSSR count). The van der Waals surface area contributed by atoms with Crippen molar-refractivity contribution in [2.45, 2.75) is 45.4 Å². The molecular formula is C23H26FN3O2. The minimum atomic E-state index is -0.580. The van der Waals surface area contributed by atoms with E-state index in [2.05, 4.69) is 10.3 Å². The highest BCUT2D eigenvalue weighted by Gasteiger charge is 2.44. The molecule has 6 heteroatoms. The lowest BCUT2D eigenvalue weighted by Gasteiger charge is -2.33. The van der Waals surface area contributed by atoms with Gasteiger partial charge in [-0.2, -0.15) is 4.39 Å². The summed E-state index contributed by atoms with van der Waals surface area (Å²) in [6, 6.07) is 10.00. The standard InChI is InChI=1S/C23H26FN3O2/c1-2-18(28)15-16-4-3-5-17(14-16)25-22(29)19-6-7-20(24)26-21(19)27-12-10-23(8-9-23)11-13-27/h3-7,14H,2,8-13,15H2,1H3,(H,25,29). The number of nitrogens with zero attached hydrogens (tertiary/aromatic N) is 2. The first kappa shape index (κ1) is 19.6. The van der Waals surface area contributed by atoms with Crippen LogP contribution in [0, 0.1) is 11.4 Å². The zero-order valence-corrected chi connectivity index (χ0v) is 16.7. The van der Waals surface area contributed by atoms with E-state index in [0.29, 0.717) is 35.3 Å². The molecule has 1 amide bonds. The van der Waals surface area contributed by atoms with Crippen LogP contribution in [0.2, 0.25) is 0 Å². The van der Waals surface area contributed by atoms with Crippen molar-refractivity contribution in [2.75, 3.05) is 23.3 Å². The van der Waals surface area contributed by atoms with E-state index in [1.54, 1.807) is 12.1 Å². The average molecular weight is 395 g/mol. The average Bonchev–Trinajstić information content (AvgIpc) is 3.47. The fourth-order valence-corrected chi connectivity index (χ4v) is 4.02. The molecule has 2 fully saturated rings. The third kappa shape index (κ3) is 4.47. The maximum absolute atomic E-state index is 13.9. The Kier molecular flexibility index (Phi) is 5.35. The van der Waals surface area contributed by atoms with Gasteiger partial charge in [0, 0.05) is 31.6 Å². The quantitative estimate of drug-likeness (QED) is 0.738. The molecule has 0 bridgehead atoms. The minimum absolute atomic E-state index is 0.150. The van der Waals surface area contributed by atoms with Gasteiger partial charge in [-0.15, -0.1) is 0 Å². The number of carbonyl (C=O) groups excluding carboxylic acids is 2. The molecule has 152 valence electrons. The summed E-state index contributed by atoms with van der Waals surface area (Å²) in [5.41, 5.74) is 2.33. The van der Waals surface area contributed by atoms with Crippen molar-refractivity contribution in [3.8, 4) is 0 Å². The van der Waals surface area contributed by atoms with Crippen LogP contribution in [0.1, 0.15) is 54.9 Å². The number of anilines is 2. The van der Waals surface area contributed by atoms with Crippen molar-refractivity contribution in [1.82, 2.24) is 4.98 Å². The van der Waals surface area contributed by atoms with Gasteiger partial charge in [-0.05, 0) is 60.9 Å². The van der Waals surface area contributed by atoms with E-state index < -0.39 is 5.95 Å². The third-order valence-electron chi connectivity index (χ3n) is 6.15. The Bertz CT molecular complexity index is 929. The number of hydrogen-bond acceptors (Lipinski definition) is 4. The van der Waals surface area contributed by atoms with Crippen LogP contribution in [0.4, 0.5) is 15.9 Å². The van der Waals surface area contributed by atoms with E-state index in [1.165, 1.54) is 25.0 Å². The molecular weight excluding hydrogens is 369 g/mol. The Balaban J connectivity index is 1.51. The normalized spacial score (nSPS) is 17.2. The van der Waals surface area contributed by atoms with Crippen LogP contribution in [-0.2, 0) is 11.2 Å². The molecule has 0 unspecified atom stereocenters. The summed E-state index contributed by atoms with van der Waals surface area (Å²) < 4.78 is 13.9. The van der Waals surface area contributed by atoms with Crippen molar-refractivity contribution < 1.29 is 14.0 Å². The number of benzene rings is 1. The van der Waals surface area contributed by atoms with Gasteiger partial charge in [0.15, 0.2) is 0 Å². The van der Waals surface area contributed by atoms with Crippen LogP contribution in [0.5, 0.6) is 0 Å². The van der Waals surface area contributed by atoms with Crippen molar-refractivity contribution in [3.05, 3.63) is 53.5 Å². The molecule has 2 aromatic rings. The summed E-state index contributed by atoms with van der Waals surface area (Å²) in [5, 5.41) is 2.88. The van der Waals surface area contributed by atoms with E-state index in [0.717, 1.165) is 31.5 Å². The van der Waals surface area contributed by atoms with Crippen LogP contribution in [0.25, 0.3) is 0 Å². The van der Waals surface area contributed by atoms with Crippen LogP contribution < -0.4 is 10.2 Å². The number of piperidine rings is 1. The molecule has 29 heavy (non-hydrogen) atoms. The molecule has 1 N–H and O–H groups in total. The molecule has 2 aliphatic rings. The van der Waals surface area contributed by atoms with Crippen molar-refractivity contribution in [2.24, 2.45) is 5.41 Å². The molecule has 0 atom stereocenters. The number of pyridine rings is 1. The SMILES string of the molecule is CCC(=O)Cc1cccc(NC(=O)c2ccc(F)nc2N2CCC3(CC2)CC3)c1. The lowest BCUT2D eigenvalue weighted by molar-refractivity contribution is -0.118. The molecule has 1 aliphatic heterocycles. The Morgan fingerprint density at radius 2 is 1.90 bits per heavy atom. The predicted molar refractivity (Wildman–Crippen MR) is 111 cm³/mol. The summed E-state index contributed by atoms with van der Waals surface area (Å²) >= 11 is 0. The number of ketones is 1. The fraction of sp³-hybridized carbons (Fsp3) is 0.435. The van der Waals surface area contributed by atoms with Gasteiger partial charge in [0.2, 0.25) is 5.95 Å². The van der Waals surface area contributed by atoms with E-state index in [4.69, 9.17) is 0 Å². The highest BCUT2D eigenvalue weighted by atomic mass is 19.1. The molecule has 2 heterocycles. The summed E-state index contributed by atoms with van der Waals surface area (Å²) in [6.45, 7) is 3.43. The summed E-state index contributed by atoms with van der Waals surface area (Å²) in [7, 11) is 0. The first-order chi connectivity index (χ1) is 14.0. The molecule has 5 nitrogen and oxygen atoms in total. The molecule has 0 radical (unpaired) electrons. The number of carbonyl (C=O) groups is 2. The van der Waals surface area contributed by atoms with Gasteiger partial charge in [-0.1, -0.05) is 19.1 Å². The lowest BCUT2D eigenvalue weighted by atomic mass is 9.93. The largest absolute Gasteiger partial charge is 0.356 e. The highest BCUT2D eigenvalue weighted by Crippen LogP contribution is 2.53. The summed E-state index contributed by atoms with van der Waals surface area (Å²) in [4.78, 5) is 30.7. The maximum Gasteiger partial charge on any atom is 0.259 e. The fourth-order valence-electron chi connectivity index (χ4n) is 4.02. The monoisotopic (exact) mass is 395 g/mol. The zero-order chi connectivity index (χ0) is 20.4. The Labute approximate surface area is 170 Å². The second-order valence-corrected chi connectivity index (χ2v) is 8.22. The number of halogens is 1. The number of nitrogens with one attached hydrogen (secondary N) is 1. The number of Topliss-reactive ketones (excluding diaryl/α,β-unsaturated/α-hetero) is 1. The van der Waals surface area contributed by atoms with Gasteiger partial charge >= 0.3 is 0 Å². The van der Waals surface area contributed by atoms with Gasteiger partial charge in [0.25, 0.3) is 5.91 Å². The smallest absolute Gasteiger partial charge is 0.259 e. The minimum Gasteiger partial charge on any atom is -0.356 e. The summed E-state index contributed by atoms with van der Waals surface area (Å²) in [6.07, 6.45) is 5.53. The van der Waals surface area contributed by atoms with Gasteiger partial charge in [-0.25, -0.2) is 4.98 Å². The molecule has 1 saturated heterocycles. The zero-order valence-electron chi connectivity index (χ0n) is 16.7. The van der Waals surface area contributed by atoms with Crippen molar-refractivity contribution in [1.29, 1.82) is 0 Å². The van der Waals surface area contributed by atoms with Gasteiger partial charge in [0.1, 0.15) is 11.6 Å². The second kappa shape index (κ2) is 7.93. The van der Waals surface area contributed by atoms with Crippen molar-refractivity contribution >= 4 is 23.2 Å². The molecule has 1 aromatic carbocycles. The number of hydrogen-bond donors (Lipinski definition) is 1. The van der Waals surface area contributed by atoms with E-state index in [1.807, 2.05) is 24.0 Å². The van der Waals surface area contributed by atoms with E-state index in [9.17, 15) is 14.0 Å². The van der Waals surface area contributed by atoms with Gasteiger partial charge in [0.05, 0.1) is 5.56 Å².